The van der Waals surface area contributed by atoms with E-state index >= 15 is 0 Å². The highest BCUT2D eigenvalue weighted by Gasteiger charge is 2.32. The Morgan fingerprint density at radius 2 is 1.71 bits per heavy atom. The van der Waals surface area contributed by atoms with Gasteiger partial charge in [0.1, 0.15) is 11.5 Å². The fraction of sp³-hybridized carbons (Fsp3) is 0.387. The van der Waals surface area contributed by atoms with E-state index in [9.17, 15) is 9.59 Å². The molecule has 0 radical (unpaired) electrons. The lowest BCUT2D eigenvalue weighted by atomic mass is 9.85. The molecule has 0 unspecified atom stereocenters. The zero-order chi connectivity index (χ0) is 27.1. The minimum Gasteiger partial charge on any atom is -0.493 e. The third kappa shape index (κ3) is 6.33. The number of hydrogen-bond donors (Lipinski definition) is 0. The molecule has 7 heteroatoms. The molecule has 1 heterocycles. The van der Waals surface area contributed by atoms with Crippen molar-refractivity contribution in [3.05, 3.63) is 76.7 Å². The fourth-order valence-electron chi connectivity index (χ4n) is 4.66. The van der Waals surface area contributed by atoms with Crippen molar-refractivity contribution >= 4 is 17.5 Å². The van der Waals surface area contributed by atoms with E-state index in [1.165, 1.54) is 5.56 Å². The number of carbonyl (C=O) groups excluding carboxylic acids is 2. The van der Waals surface area contributed by atoms with Crippen molar-refractivity contribution < 1.29 is 28.2 Å². The van der Waals surface area contributed by atoms with Crippen LogP contribution in [0, 0.1) is 19.8 Å². The summed E-state index contributed by atoms with van der Waals surface area (Å²) in [5.41, 5.74) is 6.01. The van der Waals surface area contributed by atoms with E-state index in [2.05, 4.69) is 6.08 Å². The molecule has 0 saturated heterocycles. The summed E-state index contributed by atoms with van der Waals surface area (Å²) in [5, 5.41) is 0. The van der Waals surface area contributed by atoms with E-state index in [0.717, 1.165) is 52.3 Å². The summed E-state index contributed by atoms with van der Waals surface area (Å²) in [6, 6.07) is 14.0. The lowest BCUT2D eigenvalue weighted by Gasteiger charge is -2.23. The first kappa shape index (κ1) is 27.2. The highest BCUT2D eigenvalue weighted by molar-refractivity contribution is 5.97. The molecule has 7 nitrogen and oxygen atoms in total. The molecule has 1 aliphatic rings. The molecular weight excluding hydrogens is 482 g/mol. The van der Waals surface area contributed by atoms with Gasteiger partial charge in [-0.3, -0.25) is 9.59 Å². The Hall–Kier alpha value is -3.87. The number of benzene rings is 2. The van der Waals surface area contributed by atoms with Crippen LogP contribution < -0.4 is 4.74 Å². The predicted molar refractivity (Wildman–Crippen MR) is 145 cm³/mol. The van der Waals surface area contributed by atoms with Crippen LogP contribution in [0.2, 0.25) is 0 Å². The summed E-state index contributed by atoms with van der Waals surface area (Å²) in [4.78, 5) is 29.8. The summed E-state index contributed by atoms with van der Waals surface area (Å²) in [6.45, 7) is 8.29. The highest BCUT2D eigenvalue weighted by Crippen LogP contribution is 2.36. The van der Waals surface area contributed by atoms with Gasteiger partial charge in [-0.05, 0) is 76.3 Å². The monoisotopic (exact) mass is 517 g/mol. The van der Waals surface area contributed by atoms with Crippen LogP contribution in [0.3, 0.4) is 0 Å². The molecule has 0 atom stereocenters. The lowest BCUT2D eigenvalue weighted by molar-refractivity contribution is -0.161. The largest absolute Gasteiger partial charge is 0.493 e. The van der Waals surface area contributed by atoms with Crippen molar-refractivity contribution in [2.45, 2.75) is 53.4 Å². The van der Waals surface area contributed by atoms with Gasteiger partial charge in [0.05, 0.1) is 25.5 Å². The number of fused-ring (bicyclic) bond motifs is 1. The first-order valence-electron chi connectivity index (χ1n) is 13.2. The topological polar surface area (TPSA) is 87.9 Å². The Kier molecular flexibility index (Phi) is 9.00. The van der Waals surface area contributed by atoms with Gasteiger partial charge in [0, 0.05) is 17.5 Å². The van der Waals surface area contributed by atoms with Crippen LogP contribution in [0.15, 0.2) is 53.0 Å². The molecular formula is C31H35NO6. The maximum Gasteiger partial charge on any atom is 0.320 e. The molecule has 1 aliphatic carbocycles. The molecule has 0 fully saturated rings. The number of nitrogens with zero attached hydrogens (tertiary/aromatic N) is 1. The van der Waals surface area contributed by atoms with Gasteiger partial charge in [0.15, 0.2) is 5.92 Å². The minimum atomic E-state index is -0.991. The Balaban J connectivity index is 1.45. The first-order chi connectivity index (χ1) is 18.4. The molecule has 0 bridgehead atoms. The maximum absolute atomic E-state index is 12.5. The van der Waals surface area contributed by atoms with Crippen molar-refractivity contribution in [3.8, 4) is 17.2 Å². The SMILES string of the molecule is CCOC(=O)C(CC1=CCCc2c(OCCc3nc(-c4ccc(C)cc4)oc3C)cccc21)C(=O)OCC. The van der Waals surface area contributed by atoms with E-state index in [1.54, 1.807) is 13.8 Å². The summed E-state index contributed by atoms with van der Waals surface area (Å²) < 4.78 is 22.5. The molecule has 0 spiro atoms. The normalized spacial score (nSPS) is 12.6. The van der Waals surface area contributed by atoms with Crippen molar-refractivity contribution in [2.24, 2.45) is 5.92 Å². The van der Waals surface area contributed by atoms with Gasteiger partial charge in [0.2, 0.25) is 5.89 Å². The summed E-state index contributed by atoms with van der Waals surface area (Å²) >= 11 is 0. The number of allylic oxidation sites excluding steroid dienone is 2. The van der Waals surface area contributed by atoms with Crippen LogP contribution in [0.1, 0.15) is 54.8 Å². The molecule has 2 aromatic carbocycles. The number of oxazole rings is 1. The maximum atomic E-state index is 12.5. The second-order valence-electron chi connectivity index (χ2n) is 9.30. The van der Waals surface area contributed by atoms with Gasteiger partial charge in [-0.15, -0.1) is 0 Å². The smallest absolute Gasteiger partial charge is 0.320 e. The fourth-order valence-corrected chi connectivity index (χ4v) is 4.66. The Morgan fingerprint density at radius 1 is 1.00 bits per heavy atom. The Bertz CT molecular complexity index is 1290. The van der Waals surface area contributed by atoms with Crippen LogP contribution in [-0.4, -0.2) is 36.7 Å². The number of carbonyl (C=O) groups is 2. The van der Waals surface area contributed by atoms with Crippen LogP contribution in [0.25, 0.3) is 17.0 Å². The minimum absolute atomic E-state index is 0.208. The molecule has 0 N–H and O–H groups in total. The summed E-state index contributed by atoms with van der Waals surface area (Å²) in [6.07, 6.45) is 4.54. The molecule has 0 saturated carbocycles. The summed E-state index contributed by atoms with van der Waals surface area (Å²) in [7, 11) is 0. The van der Waals surface area contributed by atoms with Crippen LogP contribution in [-0.2, 0) is 31.9 Å². The highest BCUT2D eigenvalue weighted by atomic mass is 16.6. The number of ether oxygens (including phenoxy) is 3. The summed E-state index contributed by atoms with van der Waals surface area (Å²) in [5.74, 6) is 0.0979. The van der Waals surface area contributed by atoms with Gasteiger partial charge in [0.25, 0.3) is 0 Å². The third-order valence-electron chi connectivity index (χ3n) is 6.62. The number of rotatable bonds is 11. The van der Waals surface area contributed by atoms with Gasteiger partial charge in [-0.25, -0.2) is 4.98 Å². The molecule has 200 valence electrons. The zero-order valence-electron chi connectivity index (χ0n) is 22.5. The zero-order valence-corrected chi connectivity index (χ0v) is 22.5. The van der Waals surface area contributed by atoms with Crippen LogP contribution in [0.4, 0.5) is 0 Å². The van der Waals surface area contributed by atoms with Crippen molar-refractivity contribution in [2.75, 3.05) is 19.8 Å². The van der Waals surface area contributed by atoms with Gasteiger partial charge >= 0.3 is 11.9 Å². The molecule has 0 aliphatic heterocycles. The van der Waals surface area contributed by atoms with Crippen LogP contribution >= 0.6 is 0 Å². The Labute approximate surface area is 223 Å². The number of esters is 2. The molecule has 38 heavy (non-hydrogen) atoms. The second-order valence-corrected chi connectivity index (χ2v) is 9.30. The van der Waals surface area contributed by atoms with E-state index in [4.69, 9.17) is 23.6 Å². The number of aromatic nitrogens is 1. The first-order valence-corrected chi connectivity index (χ1v) is 13.2. The van der Waals surface area contributed by atoms with Gasteiger partial charge in [-0.1, -0.05) is 35.9 Å². The van der Waals surface area contributed by atoms with Gasteiger partial charge < -0.3 is 18.6 Å². The molecule has 1 aromatic heterocycles. The van der Waals surface area contributed by atoms with Crippen molar-refractivity contribution in [1.29, 1.82) is 0 Å². The Morgan fingerprint density at radius 3 is 2.39 bits per heavy atom. The number of aryl methyl sites for hydroxylation is 2. The molecule has 0 amide bonds. The number of hydrogen-bond acceptors (Lipinski definition) is 7. The second kappa shape index (κ2) is 12.6. The molecule has 4 rings (SSSR count). The standard InChI is InChI=1S/C31H35NO6/c1-5-35-30(33)26(31(34)36-6-2)19-23-9-7-11-25-24(23)10-8-12-28(25)37-18-17-27-21(4)38-29(32-27)22-15-13-20(3)14-16-22/h8-10,12-16,26H,5-7,11,17-19H2,1-4H3. The van der Waals surface area contributed by atoms with E-state index in [-0.39, 0.29) is 19.6 Å². The average Bonchev–Trinajstić information content (AvgIpc) is 3.28. The van der Waals surface area contributed by atoms with E-state index in [0.29, 0.717) is 18.9 Å². The van der Waals surface area contributed by atoms with Crippen molar-refractivity contribution in [3.63, 3.8) is 0 Å². The third-order valence-corrected chi connectivity index (χ3v) is 6.62. The average molecular weight is 518 g/mol. The lowest BCUT2D eigenvalue weighted by Crippen LogP contribution is -2.28. The predicted octanol–water partition coefficient (Wildman–Crippen LogP) is 6.04. The van der Waals surface area contributed by atoms with Gasteiger partial charge in [-0.2, -0.15) is 0 Å². The quantitative estimate of drug-likeness (QED) is 0.226. The molecule has 3 aromatic rings. The van der Waals surface area contributed by atoms with E-state index < -0.39 is 17.9 Å². The van der Waals surface area contributed by atoms with Crippen molar-refractivity contribution in [1.82, 2.24) is 4.98 Å². The van der Waals surface area contributed by atoms with Crippen LogP contribution in [0.5, 0.6) is 5.75 Å². The van der Waals surface area contributed by atoms with E-state index in [1.807, 2.05) is 56.3 Å².